The number of hydrogen-bond acceptors (Lipinski definition) is 4. The fourth-order valence-corrected chi connectivity index (χ4v) is 3.06. The van der Waals surface area contributed by atoms with Crippen LogP contribution in [0.5, 0.6) is 0 Å². The first-order chi connectivity index (χ1) is 12.5. The maximum atomic E-state index is 14.5. The molecule has 9 heteroatoms. The minimum absolute atomic E-state index is 0.139. The van der Waals surface area contributed by atoms with Gasteiger partial charge in [-0.25, -0.2) is 8.78 Å². The number of carbonyl (C=O) groups is 1. The molecule has 5 nitrogen and oxygen atoms in total. The van der Waals surface area contributed by atoms with Crippen LogP contribution in [0, 0.1) is 22.1 Å². The molecule has 2 rings (SSSR count). The second-order valence-electron chi connectivity index (χ2n) is 6.50. The van der Waals surface area contributed by atoms with Crippen LogP contribution < -0.4 is 5.32 Å². The van der Waals surface area contributed by atoms with Crippen LogP contribution in [0.2, 0.25) is 0 Å². The number of hydrogen-bond donors (Lipinski definition) is 2. The van der Waals surface area contributed by atoms with Crippen LogP contribution in [0.1, 0.15) is 29.8 Å². The molecular formula is C18H18BrF2IN2O3. The lowest BCUT2D eigenvalue weighted by molar-refractivity contribution is -0.106. The van der Waals surface area contributed by atoms with Gasteiger partial charge in [-0.05, 0) is 79.3 Å². The molecule has 0 heterocycles. The van der Waals surface area contributed by atoms with Crippen LogP contribution in [0.3, 0.4) is 0 Å². The number of hydroxylamine groups is 1. The highest BCUT2D eigenvalue weighted by molar-refractivity contribution is 14.1. The van der Waals surface area contributed by atoms with E-state index in [2.05, 4.69) is 44.1 Å². The molecule has 1 amide bonds. The van der Waals surface area contributed by atoms with Crippen LogP contribution in [0.4, 0.5) is 20.2 Å². The Morgan fingerprint density at radius 2 is 2.00 bits per heavy atom. The summed E-state index contributed by atoms with van der Waals surface area (Å²) in [6.07, 6.45) is 0. The van der Waals surface area contributed by atoms with Gasteiger partial charge in [0.2, 0.25) is 0 Å². The number of nitrogens with one attached hydrogen (secondary N) is 1. The molecule has 0 atom stereocenters. The first-order valence-electron chi connectivity index (χ1n) is 7.86. The zero-order valence-corrected chi connectivity index (χ0v) is 18.6. The molecule has 0 bridgehead atoms. The number of benzene rings is 2. The summed E-state index contributed by atoms with van der Waals surface area (Å²) >= 11 is 5.07. The van der Waals surface area contributed by atoms with Crippen molar-refractivity contribution in [3.05, 3.63) is 56.7 Å². The van der Waals surface area contributed by atoms with Crippen molar-refractivity contribution in [3.8, 4) is 0 Å². The number of amides is 1. The van der Waals surface area contributed by atoms with Gasteiger partial charge in [0.1, 0.15) is 6.61 Å². The smallest absolute Gasteiger partial charge is 0.290 e. The molecule has 0 aliphatic heterocycles. The van der Waals surface area contributed by atoms with Gasteiger partial charge < -0.3 is 10.4 Å². The fourth-order valence-electron chi connectivity index (χ4n) is 2.12. The second-order valence-corrected chi connectivity index (χ2v) is 8.39. The Kier molecular flexibility index (Phi) is 7.17. The van der Waals surface area contributed by atoms with E-state index in [1.807, 2.05) is 13.0 Å². The maximum absolute atomic E-state index is 14.5. The second kappa shape index (κ2) is 8.80. The van der Waals surface area contributed by atoms with Crippen molar-refractivity contribution in [2.75, 3.05) is 11.9 Å². The molecule has 2 N–H and O–H groups in total. The Morgan fingerprint density at radius 1 is 1.33 bits per heavy atom. The molecule has 0 aliphatic rings. The van der Waals surface area contributed by atoms with Crippen molar-refractivity contribution in [2.24, 2.45) is 0 Å². The Hall–Kier alpha value is -1.30. The molecule has 0 saturated carbocycles. The highest BCUT2D eigenvalue weighted by Crippen LogP contribution is 2.30. The van der Waals surface area contributed by atoms with E-state index in [1.54, 1.807) is 12.1 Å². The summed E-state index contributed by atoms with van der Waals surface area (Å²) in [5.74, 6) is -3.03. The Bertz CT molecular complexity index is 859. The normalized spacial score (nSPS) is 11.4. The van der Waals surface area contributed by atoms with Gasteiger partial charge in [-0.2, -0.15) is 0 Å². The van der Waals surface area contributed by atoms with E-state index in [4.69, 9.17) is 4.84 Å². The lowest BCUT2D eigenvalue weighted by Crippen LogP contribution is -2.32. The number of aliphatic hydroxyl groups is 1. The predicted octanol–water partition coefficient (Wildman–Crippen LogP) is 5.08. The van der Waals surface area contributed by atoms with E-state index in [-0.39, 0.29) is 17.9 Å². The number of aryl methyl sites for hydroxylation is 1. The van der Waals surface area contributed by atoms with Gasteiger partial charge in [-0.3, -0.25) is 9.63 Å². The van der Waals surface area contributed by atoms with E-state index in [0.717, 1.165) is 21.3 Å². The topological polar surface area (TPSA) is 61.8 Å². The van der Waals surface area contributed by atoms with Crippen molar-refractivity contribution >= 4 is 56.0 Å². The predicted molar refractivity (Wildman–Crippen MR) is 111 cm³/mol. The quantitative estimate of drug-likeness (QED) is 0.297. The Balaban J connectivity index is 2.37. The molecule has 0 fully saturated rings. The number of carbonyl (C=O) groups excluding carboxylic acids is 1. The summed E-state index contributed by atoms with van der Waals surface area (Å²) in [6, 6.07) is 7.41. The maximum Gasteiger partial charge on any atom is 0.290 e. The van der Waals surface area contributed by atoms with Crippen molar-refractivity contribution in [3.63, 3.8) is 0 Å². The van der Waals surface area contributed by atoms with E-state index < -0.39 is 23.1 Å². The van der Waals surface area contributed by atoms with Gasteiger partial charge in [0.05, 0.1) is 33.0 Å². The van der Waals surface area contributed by atoms with Gasteiger partial charge in [-0.15, -0.1) is 4.09 Å². The summed E-state index contributed by atoms with van der Waals surface area (Å²) in [7, 11) is 0. The van der Waals surface area contributed by atoms with Crippen molar-refractivity contribution in [1.82, 2.24) is 4.09 Å². The third-order valence-electron chi connectivity index (χ3n) is 3.46. The summed E-state index contributed by atoms with van der Waals surface area (Å²) in [6.45, 7) is 4.63. The first-order valence-corrected chi connectivity index (χ1v) is 9.65. The van der Waals surface area contributed by atoms with Gasteiger partial charge in [-0.1, -0.05) is 0 Å². The fraction of sp³-hybridized carbons (Fsp3) is 0.278. The van der Waals surface area contributed by atoms with Crippen LogP contribution in [-0.4, -0.2) is 27.3 Å². The Labute approximate surface area is 178 Å². The molecule has 0 saturated heterocycles. The summed E-state index contributed by atoms with van der Waals surface area (Å²) in [5.41, 5.74) is -0.287. The van der Waals surface area contributed by atoms with Gasteiger partial charge >= 0.3 is 0 Å². The van der Waals surface area contributed by atoms with Crippen molar-refractivity contribution < 1.29 is 23.5 Å². The first kappa shape index (κ1) is 22.0. The highest BCUT2D eigenvalue weighted by atomic mass is 127. The zero-order chi connectivity index (χ0) is 20.4. The van der Waals surface area contributed by atoms with Gasteiger partial charge in [0.25, 0.3) is 5.91 Å². The lowest BCUT2D eigenvalue weighted by Gasteiger charge is -2.22. The summed E-state index contributed by atoms with van der Waals surface area (Å²) in [4.78, 5) is 17.8. The van der Waals surface area contributed by atoms with Crippen molar-refractivity contribution in [2.45, 2.75) is 26.4 Å². The minimum Gasteiger partial charge on any atom is -0.388 e. The SMILES string of the molecule is Cc1cc(I)ccc1Nc1c(C(=O)N(Br)OCC(C)(C)O)ccc(F)c1F. The van der Waals surface area contributed by atoms with E-state index >= 15 is 0 Å². The number of halogens is 4. The molecule has 0 spiro atoms. The average molecular weight is 555 g/mol. The summed E-state index contributed by atoms with van der Waals surface area (Å²) < 4.78 is 29.9. The van der Waals surface area contributed by atoms with Crippen LogP contribution in [0.25, 0.3) is 0 Å². The Morgan fingerprint density at radius 3 is 2.59 bits per heavy atom. The molecule has 2 aromatic carbocycles. The molecule has 0 aromatic heterocycles. The van der Waals surface area contributed by atoms with Gasteiger partial charge in [0, 0.05) is 9.26 Å². The number of anilines is 2. The number of rotatable bonds is 6. The molecular weight excluding hydrogens is 537 g/mol. The largest absolute Gasteiger partial charge is 0.388 e. The van der Waals surface area contributed by atoms with Crippen LogP contribution >= 0.6 is 38.7 Å². The van der Waals surface area contributed by atoms with Crippen LogP contribution in [-0.2, 0) is 4.84 Å². The number of nitrogens with zero attached hydrogens (tertiary/aromatic N) is 1. The van der Waals surface area contributed by atoms with E-state index in [1.165, 1.54) is 13.8 Å². The van der Waals surface area contributed by atoms with E-state index in [9.17, 15) is 18.7 Å². The molecule has 27 heavy (non-hydrogen) atoms. The molecule has 0 radical (unpaired) electrons. The standard InChI is InChI=1S/C18H18BrF2IN2O3/c1-10-8-11(22)4-7-14(10)23-16-12(5-6-13(20)15(16)21)17(25)24(19)27-9-18(2,3)26/h4-8,23,26H,9H2,1-3H3. The third-order valence-corrected chi connectivity index (χ3v) is 4.66. The molecule has 146 valence electrons. The third kappa shape index (κ3) is 5.84. The molecule has 0 unspecified atom stereocenters. The summed E-state index contributed by atoms with van der Waals surface area (Å²) in [5, 5.41) is 12.5. The monoisotopic (exact) mass is 554 g/mol. The van der Waals surface area contributed by atoms with Gasteiger partial charge in [0.15, 0.2) is 11.6 Å². The van der Waals surface area contributed by atoms with E-state index in [0.29, 0.717) is 9.78 Å². The highest BCUT2D eigenvalue weighted by Gasteiger charge is 2.25. The average Bonchev–Trinajstić information content (AvgIpc) is 2.57. The van der Waals surface area contributed by atoms with Crippen molar-refractivity contribution in [1.29, 1.82) is 0 Å². The lowest BCUT2D eigenvalue weighted by atomic mass is 10.1. The molecule has 2 aromatic rings. The minimum atomic E-state index is -1.18. The van der Waals surface area contributed by atoms with Crippen LogP contribution in [0.15, 0.2) is 30.3 Å². The molecule has 0 aliphatic carbocycles. The zero-order valence-electron chi connectivity index (χ0n) is 14.8.